The second kappa shape index (κ2) is 5.26. The molecule has 4 nitrogen and oxygen atoms in total. The highest BCUT2D eigenvalue weighted by Crippen LogP contribution is 2.57. The number of aliphatic hydroxyl groups is 1. The van der Waals surface area contributed by atoms with Crippen LogP contribution >= 0.6 is 7.60 Å². The van der Waals surface area contributed by atoms with Gasteiger partial charge in [-0.15, -0.1) is 0 Å². The molecule has 0 unspecified atom stereocenters. The van der Waals surface area contributed by atoms with E-state index in [2.05, 4.69) is 0 Å². The number of aliphatic hydroxyl groups excluding tert-OH is 1. The van der Waals surface area contributed by atoms with Crippen LogP contribution in [0.1, 0.15) is 34.6 Å². The van der Waals surface area contributed by atoms with Crippen LogP contribution in [-0.4, -0.2) is 24.2 Å². The normalized spacial score (nSPS) is 15.6. The van der Waals surface area contributed by atoms with E-state index >= 15 is 0 Å². The van der Waals surface area contributed by atoms with E-state index in [-0.39, 0.29) is 13.2 Å². The van der Waals surface area contributed by atoms with Gasteiger partial charge in [0.05, 0.1) is 13.2 Å². The first-order valence-electron chi connectivity index (χ1n) is 4.84. The molecule has 0 aromatic carbocycles. The molecule has 0 spiro atoms. The van der Waals surface area contributed by atoms with Crippen molar-refractivity contribution >= 4 is 7.60 Å². The summed E-state index contributed by atoms with van der Waals surface area (Å²) >= 11 is 0. The zero-order valence-electron chi connectivity index (χ0n) is 9.61. The molecular formula is C9H21O4P. The molecule has 0 amide bonds. The van der Waals surface area contributed by atoms with Gasteiger partial charge in [0, 0.05) is 0 Å². The highest BCUT2D eigenvalue weighted by atomic mass is 31.2. The highest BCUT2D eigenvalue weighted by molar-refractivity contribution is 7.54. The summed E-state index contributed by atoms with van der Waals surface area (Å²) in [6.45, 7) is 9.37. The summed E-state index contributed by atoms with van der Waals surface area (Å²) in [6.07, 6.45) is 0. The van der Waals surface area contributed by atoms with Crippen LogP contribution in [0.15, 0.2) is 0 Å². The molecule has 0 aliphatic heterocycles. The van der Waals surface area contributed by atoms with Crippen molar-refractivity contribution < 1.29 is 18.7 Å². The van der Waals surface area contributed by atoms with Gasteiger partial charge in [0.15, 0.2) is 5.85 Å². The average molecular weight is 224 g/mol. The maximum absolute atomic E-state index is 12.1. The molecule has 0 aliphatic carbocycles. The lowest BCUT2D eigenvalue weighted by atomic mass is 9.98. The Bertz CT molecular complexity index is 199. The van der Waals surface area contributed by atoms with Crippen LogP contribution in [-0.2, 0) is 13.6 Å². The minimum Gasteiger partial charge on any atom is -0.380 e. The van der Waals surface area contributed by atoms with Gasteiger partial charge in [0.2, 0.25) is 0 Å². The first kappa shape index (κ1) is 14.1. The molecule has 0 rings (SSSR count). The molecule has 0 aliphatic rings. The van der Waals surface area contributed by atoms with E-state index in [1.54, 1.807) is 34.6 Å². The van der Waals surface area contributed by atoms with Crippen LogP contribution in [0.25, 0.3) is 0 Å². The third-order valence-electron chi connectivity index (χ3n) is 1.69. The predicted octanol–water partition coefficient (Wildman–Crippen LogP) is 2.62. The van der Waals surface area contributed by atoms with E-state index in [4.69, 9.17) is 9.05 Å². The highest BCUT2D eigenvalue weighted by Gasteiger charge is 2.41. The van der Waals surface area contributed by atoms with E-state index in [9.17, 15) is 9.67 Å². The van der Waals surface area contributed by atoms with Crippen molar-refractivity contribution in [3.63, 3.8) is 0 Å². The van der Waals surface area contributed by atoms with Crippen molar-refractivity contribution in [3.8, 4) is 0 Å². The van der Waals surface area contributed by atoms with E-state index in [0.717, 1.165) is 0 Å². The Kier molecular flexibility index (Phi) is 5.31. The van der Waals surface area contributed by atoms with Crippen LogP contribution in [0, 0.1) is 5.41 Å². The lowest BCUT2D eigenvalue weighted by Gasteiger charge is -2.31. The lowest BCUT2D eigenvalue weighted by molar-refractivity contribution is 0.0815. The molecule has 0 heterocycles. The molecule has 0 radical (unpaired) electrons. The Hall–Kier alpha value is 0.110. The average Bonchev–Trinajstić information content (AvgIpc) is 2.02. The van der Waals surface area contributed by atoms with Gasteiger partial charge in [-0.05, 0) is 19.3 Å². The van der Waals surface area contributed by atoms with E-state index in [1.165, 1.54) is 0 Å². The number of hydrogen-bond acceptors (Lipinski definition) is 4. The fourth-order valence-electron chi connectivity index (χ4n) is 1.01. The molecule has 1 N–H and O–H groups in total. The first-order valence-corrected chi connectivity index (χ1v) is 6.46. The fourth-order valence-corrected chi connectivity index (χ4v) is 3.04. The second-order valence-electron chi connectivity index (χ2n) is 4.12. The lowest BCUT2D eigenvalue weighted by Crippen LogP contribution is -2.27. The summed E-state index contributed by atoms with van der Waals surface area (Å²) in [5, 5.41) is 9.85. The van der Waals surface area contributed by atoms with Gasteiger partial charge < -0.3 is 14.2 Å². The van der Waals surface area contributed by atoms with Crippen molar-refractivity contribution in [2.24, 2.45) is 5.41 Å². The molecule has 1 atom stereocenters. The van der Waals surface area contributed by atoms with Crippen LogP contribution < -0.4 is 0 Å². The molecule has 0 aromatic heterocycles. The van der Waals surface area contributed by atoms with Gasteiger partial charge in [-0.3, -0.25) is 4.57 Å². The van der Waals surface area contributed by atoms with Gasteiger partial charge in [-0.1, -0.05) is 20.8 Å². The Morgan fingerprint density at radius 3 is 1.79 bits per heavy atom. The minimum atomic E-state index is -3.38. The Labute approximate surface area is 86.1 Å². The third kappa shape index (κ3) is 3.70. The topological polar surface area (TPSA) is 55.8 Å². The van der Waals surface area contributed by atoms with Gasteiger partial charge in [-0.25, -0.2) is 0 Å². The smallest absolute Gasteiger partial charge is 0.359 e. The van der Waals surface area contributed by atoms with E-state index < -0.39 is 18.9 Å². The van der Waals surface area contributed by atoms with E-state index in [0.29, 0.717) is 0 Å². The Balaban J connectivity index is 4.73. The van der Waals surface area contributed by atoms with Crippen molar-refractivity contribution in [1.82, 2.24) is 0 Å². The third-order valence-corrected chi connectivity index (χ3v) is 4.30. The number of hydrogen-bond donors (Lipinski definition) is 1. The number of rotatable bonds is 5. The Morgan fingerprint density at radius 1 is 1.21 bits per heavy atom. The monoisotopic (exact) mass is 224 g/mol. The van der Waals surface area contributed by atoms with E-state index in [1.807, 2.05) is 0 Å². The maximum atomic E-state index is 12.1. The summed E-state index contributed by atoms with van der Waals surface area (Å²) < 4.78 is 22.1. The standard InChI is InChI=1S/C9H21O4P/c1-6-12-14(11,13-7-2)8(10)9(3,4)5/h8,10H,6-7H2,1-5H3/t8-/m1/s1. The summed E-state index contributed by atoms with van der Waals surface area (Å²) in [5.41, 5.74) is -0.514. The van der Waals surface area contributed by atoms with Crippen molar-refractivity contribution in [3.05, 3.63) is 0 Å². The van der Waals surface area contributed by atoms with Gasteiger partial charge in [0.1, 0.15) is 0 Å². The molecule has 0 fully saturated rings. The molecule has 0 saturated carbocycles. The zero-order valence-corrected chi connectivity index (χ0v) is 10.5. The first-order chi connectivity index (χ1) is 6.28. The van der Waals surface area contributed by atoms with Gasteiger partial charge in [-0.2, -0.15) is 0 Å². The SMILES string of the molecule is CCOP(=O)(OCC)[C@@H](O)C(C)(C)C. The minimum absolute atomic E-state index is 0.268. The van der Waals surface area contributed by atoms with Crippen LogP contribution in [0.2, 0.25) is 0 Å². The van der Waals surface area contributed by atoms with Crippen molar-refractivity contribution in [2.75, 3.05) is 13.2 Å². The second-order valence-corrected chi connectivity index (χ2v) is 6.20. The van der Waals surface area contributed by atoms with Crippen LogP contribution in [0.4, 0.5) is 0 Å². The van der Waals surface area contributed by atoms with Crippen molar-refractivity contribution in [2.45, 2.75) is 40.5 Å². The van der Waals surface area contributed by atoms with Gasteiger partial charge in [0.25, 0.3) is 0 Å². The Morgan fingerprint density at radius 2 is 1.57 bits per heavy atom. The fraction of sp³-hybridized carbons (Fsp3) is 1.00. The predicted molar refractivity (Wildman–Crippen MR) is 56.3 cm³/mol. The molecule has 0 bridgehead atoms. The molecule has 0 aromatic rings. The molecule has 5 heteroatoms. The maximum Gasteiger partial charge on any atom is 0.359 e. The van der Waals surface area contributed by atoms with Crippen LogP contribution in [0.3, 0.4) is 0 Å². The quantitative estimate of drug-likeness (QED) is 0.729. The van der Waals surface area contributed by atoms with Gasteiger partial charge >= 0.3 is 7.60 Å². The largest absolute Gasteiger partial charge is 0.380 e. The molecule has 0 saturated heterocycles. The summed E-state index contributed by atoms with van der Waals surface area (Å²) in [7, 11) is -3.38. The molecular weight excluding hydrogens is 203 g/mol. The molecule has 14 heavy (non-hydrogen) atoms. The zero-order chi connectivity index (χ0) is 11.4. The van der Waals surface area contributed by atoms with Crippen LogP contribution in [0.5, 0.6) is 0 Å². The summed E-state index contributed by atoms with van der Waals surface area (Å²) in [4.78, 5) is 0. The summed E-state index contributed by atoms with van der Waals surface area (Å²) in [5.74, 6) is -1.09. The summed E-state index contributed by atoms with van der Waals surface area (Å²) in [6, 6.07) is 0. The van der Waals surface area contributed by atoms with Crippen molar-refractivity contribution in [1.29, 1.82) is 0 Å². The molecule has 86 valence electrons.